The average molecular weight is 475 g/mol. The minimum Gasteiger partial charge on any atom is -0.493 e. The van der Waals surface area contributed by atoms with Crippen LogP contribution in [0.2, 0.25) is 5.02 Å². The van der Waals surface area contributed by atoms with Crippen LogP contribution in [-0.4, -0.2) is 28.2 Å². The van der Waals surface area contributed by atoms with Crippen molar-refractivity contribution in [1.29, 1.82) is 0 Å². The number of benzene rings is 3. The van der Waals surface area contributed by atoms with E-state index in [4.69, 9.17) is 21.1 Å². The van der Waals surface area contributed by atoms with Gasteiger partial charge in [-0.1, -0.05) is 48.0 Å². The van der Waals surface area contributed by atoms with Gasteiger partial charge < -0.3 is 19.1 Å². The molecule has 6 heteroatoms. The Morgan fingerprint density at radius 2 is 1.91 bits per heavy atom. The number of ether oxygens (including phenoxy) is 2. The highest BCUT2D eigenvalue weighted by molar-refractivity contribution is 6.35. The van der Waals surface area contributed by atoms with E-state index in [1.165, 1.54) is 22.4 Å². The van der Waals surface area contributed by atoms with Crippen molar-refractivity contribution in [3.63, 3.8) is 0 Å². The monoisotopic (exact) mass is 474 g/mol. The molecule has 0 saturated carbocycles. The lowest BCUT2D eigenvalue weighted by atomic mass is 9.85. The molecule has 0 spiro atoms. The van der Waals surface area contributed by atoms with Crippen LogP contribution in [0.1, 0.15) is 34.0 Å². The van der Waals surface area contributed by atoms with E-state index in [0.717, 1.165) is 58.9 Å². The van der Waals surface area contributed by atoms with Crippen LogP contribution in [0.5, 0.6) is 11.5 Å². The summed E-state index contributed by atoms with van der Waals surface area (Å²) < 4.78 is 13.9. The van der Waals surface area contributed by atoms with Crippen molar-refractivity contribution in [3.05, 3.63) is 93.6 Å². The van der Waals surface area contributed by atoms with Crippen LogP contribution in [0.3, 0.4) is 0 Å². The van der Waals surface area contributed by atoms with Crippen LogP contribution in [0.4, 0.5) is 0 Å². The van der Waals surface area contributed by atoms with Gasteiger partial charge in [0.15, 0.2) is 11.5 Å². The van der Waals surface area contributed by atoms with Crippen molar-refractivity contribution >= 4 is 22.5 Å². The second kappa shape index (κ2) is 8.66. The molecule has 3 heterocycles. The number of fused-ring (bicyclic) bond motifs is 6. The molecule has 1 atom stereocenters. The van der Waals surface area contributed by atoms with Gasteiger partial charge in [0.1, 0.15) is 13.3 Å². The van der Waals surface area contributed by atoms with Gasteiger partial charge in [-0.15, -0.1) is 0 Å². The standard InChI is InChI=1S/C28H27ClN2O3/c1-33-26-14-20-19(12-27(26)34-16-18-6-3-2-4-7-18)10-11-30-15-25-21(13-24(20)30)28-22(29)8-5-9-23(28)31(25)17-32/h2-9,12,14,24,32H,10-11,13,15-17H2,1H3. The molecule has 174 valence electrons. The molecule has 0 bridgehead atoms. The number of halogens is 1. The fourth-order valence-corrected chi connectivity index (χ4v) is 5.92. The molecule has 2 aliphatic rings. The second-order valence-corrected chi connectivity index (χ2v) is 9.45. The highest BCUT2D eigenvalue weighted by atomic mass is 35.5. The van der Waals surface area contributed by atoms with Crippen LogP contribution >= 0.6 is 11.6 Å². The molecule has 5 nitrogen and oxygen atoms in total. The summed E-state index contributed by atoms with van der Waals surface area (Å²) in [4.78, 5) is 2.51. The Morgan fingerprint density at radius 1 is 1.06 bits per heavy atom. The van der Waals surface area contributed by atoms with Crippen LogP contribution in [0.25, 0.3) is 10.9 Å². The molecule has 0 saturated heterocycles. The molecule has 1 unspecified atom stereocenters. The van der Waals surface area contributed by atoms with E-state index in [0.29, 0.717) is 6.61 Å². The maximum atomic E-state index is 10.1. The van der Waals surface area contributed by atoms with Crippen molar-refractivity contribution in [2.24, 2.45) is 0 Å². The lowest BCUT2D eigenvalue weighted by Gasteiger charge is -2.41. The predicted octanol–water partition coefficient (Wildman–Crippen LogP) is 5.49. The average Bonchev–Trinajstić information content (AvgIpc) is 3.19. The molecule has 1 aromatic heterocycles. The third-order valence-corrected chi connectivity index (χ3v) is 7.60. The molecule has 0 aliphatic carbocycles. The van der Waals surface area contributed by atoms with Gasteiger partial charge in [-0.3, -0.25) is 4.90 Å². The molecule has 0 amide bonds. The van der Waals surface area contributed by atoms with E-state index < -0.39 is 0 Å². The lowest BCUT2D eigenvalue weighted by Crippen LogP contribution is -2.39. The zero-order chi connectivity index (χ0) is 23.2. The van der Waals surface area contributed by atoms with Crippen molar-refractivity contribution in [2.45, 2.75) is 38.8 Å². The largest absolute Gasteiger partial charge is 0.493 e. The first-order valence-electron chi connectivity index (χ1n) is 11.7. The van der Waals surface area contributed by atoms with Crippen LogP contribution in [0, 0.1) is 0 Å². The van der Waals surface area contributed by atoms with Crippen molar-refractivity contribution in [2.75, 3.05) is 13.7 Å². The Balaban J connectivity index is 1.37. The fraction of sp³-hybridized carbons (Fsp3) is 0.286. The fourth-order valence-electron chi connectivity index (χ4n) is 5.63. The van der Waals surface area contributed by atoms with E-state index in [9.17, 15) is 5.11 Å². The van der Waals surface area contributed by atoms with Gasteiger partial charge in [0.25, 0.3) is 0 Å². The number of nitrogens with zero attached hydrogens (tertiary/aromatic N) is 2. The topological polar surface area (TPSA) is 46.9 Å². The summed E-state index contributed by atoms with van der Waals surface area (Å²) in [5, 5.41) is 11.9. The quantitative estimate of drug-likeness (QED) is 0.415. The first-order chi connectivity index (χ1) is 16.7. The van der Waals surface area contributed by atoms with Crippen LogP contribution < -0.4 is 9.47 Å². The molecule has 0 fully saturated rings. The zero-order valence-electron chi connectivity index (χ0n) is 19.1. The minimum atomic E-state index is -0.0444. The van der Waals surface area contributed by atoms with E-state index in [1.807, 2.05) is 41.0 Å². The maximum Gasteiger partial charge on any atom is 0.161 e. The minimum absolute atomic E-state index is 0.0444. The van der Waals surface area contributed by atoms with Gasteiger partial charge in [-0.05, 0) is 59.4 Å². The number of aromatic nitrogens is 1. The van der Waals surface area contributed by atoms with Gasteiger partial charge >= 0.3 is 0 Å². The summed E-state index contributed by atoms with van der Waals surface area (Å²) in [6, 6.07) is 20.7. The normalized spacial score (nSPS) is 17.2. The summed E-state index contributed by atoms with van der Waals surface area (Å²) in [7, 11) is 1.70. The zero-order valence-corrected chi connectivity index (χ0v) is 19.9. The van der Waals surface area contributed by atoms with Crippen molar-refractivity contribution in [1.82, 2.24) is 9.47 Å². The number of aliphatic hydroxyl groups is 1. The van der Waals surface area contributed by atoms with E-state index >= 15 is 0 Å². The lowest BCUT2D eigenvalue weighted by molar-refractivity contribution is 0.145. The Labute approximate surface area is 204 Å². The number of aliphatic hydroxyl groups excluding tert-OH is 1. The Hall–Kier alpha value is -2.99. The molecule has 1 N–H and O–H groups in total. The van der Waals surface area contributed by atoms with E-state index in [2.05, 4.69) is 29.2 Å². The first kappa shape index (κ1) is 21.5. The number of hydrogen-bond acceptors (Lipinski definition) is 4. The number of hydrogen-bond donors (Lipinski definition) is 1. The predicted molar refractivity (Wildman–Crippen MR) is 133 cm³/mol. The SMILES string of the molecule is COc1cc2c(cc1OCc1ccccc1)CCN1Cc3c(c4c(Cl)cccc4n3CO)CC21. The summed E-state index contributed by atoms with van der Waals surface area (Å²) in [6.45, 7) is 2.22. The maximum absolute atomic E-state index is 10.1. The Morgan fingerprint density at radius 3 is 2.71 bits per heavy atom. The Bertz CT molecular complexity index is 1370. The van der Waals surface area contributed by atoms with Gasteiger partial charge in [0.05, 0.1) is 17.6 Å². The van der Waals surface area contributed by atoms with Crippen molar-refractivity contribution in [3.8, 4) is 11.5 Å². The summed E-state index contributed by atoms with van der Waals surface area (Å²) in [6.07, 6.45) is 1.80. The molecule has 0 radical (unpaired) electrons. The van der Waals surface area contributed by atoms with Crippen LogP contribution in [0.15, 0.2) is 60.7 Å². The van der Waals surface area contributed by atoms with Gasteiger partial charge in [0, 0.05) is 30.2 Å². The molecule has 4 aromatic rings. The summed E-state index contributed by atoms with van der Waals surface area (Å²) >= 11 is 6.65. The second-order valence-electron chi connectivity index (χ2n) is 9.05. The molecule has 3 aromatic carbocycles. The van der Waals surface area contributed by atoms with E-state index in [-0.39, 0.29) is 12.8 Å². The van der Waals surface area contributed by atoms with E-state index in [1.54, 1.807) is 7.11 Å². The molecule has 34 heavy (non-hydrogen) atoms. The number of rotatable bonds is 5. The number of methoxy groups -OCH3 is 1. The van der Waals surface area contributed by atoms with Gasteiger partial charge in [-0.2, -0.15) is 0 Å². The summed E-state index contributed by atoms with van der Waals surface area (Å²) in [5.41, 5.74) is 7.14. The summed E-state index contributed by atoms with van der Waals surface area (Å²) in [5.74, 6) is 1.55. The smallest absolute Gasteiger partial charge is 0.161 e. The molecular formula is C28H27ClN2O3. The van der Waals surface area contributed by atoms with Crippen molar-refractivity contribution < 1.29 is 14.6 Å². The van der Waals surface area contributed by atoms with Crippen LogP contribution in [-0.2, 0) is 32.7 Å². The Kier molecular flexibility index (Phi) is 5.48. The van der Waals surface area contributed by atoms with Gasteiger partial charge in [0.2, 0.25) is 0 Å². The third-order valence-electron chi connectivity index (χ3n) is 7.28. The highest BCUT2D eigenvalue weighted by Crippen LogP contribution is 2.45. The molecular weight excluding hydrogens is 448 g/mol. The third kappa shape index (κ3) is 3.47. The highest BCUT2D eigenvalue weighted by Gasteiger charge is 2.36. The van der Waals surface area contributed by atoms with Gasteiger partial charge in [-0.25, -0.2) is 0 Å². The first-order valence-corrected chi connectivity index (χ1v) is 12.1. The molecule has 6 rings (SSSR count). The molecule has 2 aliphatic heterocycles.